The van der Waals surface area contributed by atoms with Crippen molar-refractivity contribution in [3.8, 4) is 0 Å². The minimum absolute atomic E-state index is 0.0841. The van der Waals surface area contributed by atoms with Crippen LogP contribution >= 0.6 is 0 Å². The van der Waals surface area contributed by atoms with Gasteiger partial charge in [0.25, 0.3) is 0 Å². The zero-order chi connectivity index (χ0) is 12.5. The van der Waals surface area contributed by atoms with Gasteiger partial charge in [-0.2, -0.15) is 0 Å². The summed E-state index contributed by atoms with van der Waals surface area (Å²) in [5.41, 5.74) is 1.29. The molecule has 1 aromatic carbocycles. The maximum absolute atomic E-state index is 10.6. The van der Waals surface area contributed by atoms with Gasteiger partial charge in [-0.15, -0.1) is 6.58 Å². The maximum Gasteiger partial charge on any atom is 0.317 e. The van der Waals surface area contributed by atoms with E-state index in [4.69, 9.17) is 5.11 Å². The van der Waals surface area contributed by atoms with E-state index in [9.17, 15) is 4.79 Å². The first-order chi connectivity index (χ1) is 8.22. The second kappa shape index (κ2) is 7.63. The molecule has 0 aliphatic heterocycles. The van der Waals surface area contributed by atoms with E-state index in [0.29, 0.717) is 6.54 Å². The van der Waals surface area contributed by atoms with Gasteiger partial charge in [0.2, 0.25) is 0 Å². The number of hydrogen-bond donors (Lipinski definition) is 1. The molecule has 0 aromatic heterocycles. The number of carbonyl (C=O) groups is 1. The van der Waals surface area contributed by atoms with Gasteiger partial charge in [0.1, 0.15) is 0 Å². The lowest BCUT2D eigenvalue weighted by atomic mass is 10.1. The van der Waals surface area contributed by atoms with Crippen LogP contribution in [-0.4, -0.2) is 35.6 Å². The van der Waals surface area contributed by atoms with Crippen LogP contribution in [-0.2, 0) is 11.2 Å². The molecule has 0 fully saturated rings. The topological polar surface area (TPSA) is 40.5 Å². The zero-order valence-corrected chi connectivity index (χ0v) is 10.0. The van der Waals surface area contributed by atoms with E-state index in [2.05, 4.69) is 18.7 Å². The van der Waals surface area contributed by atoms with Crippen LogP contribution in [0.4, 0.5) is 0 Å². The lowest BCUT2D eigenvalue weighted by Crippen LogP contribution is -2.31. The Balaban J connectivity index is 2.31. The third-order valence-electron chi connectivity index (χ3n) is 2.53. The van der Waals surface area contributed by atoms with E-state index < -0.39 is 5.97 Å². The summed E-state index contributed by atoms with van der Waals surface area (Å²) in [6, 6.07) is 10.2. The summed E-state index contributed by atoms with van der Waals surface area (Å²) in [6.45, 7) is 5.13. The number of nitrogens with zero attached hydrogens (tertiary/aromatic N) is 1. The maximum atomic E-state index is 10.6. The molecule has 0 heterocycles. The fraction of sp³-hybridized carbons (Fsp3) is 0.357. The van der Waals surface area contributed by atoms with Gasteiger partial charge < -0.3 is 5.11 Å². The quantitative estimate of drug-likeness (QED) is 0.700. The molecular formula is C14H19NO2. The summed E-state index contributed by atoms with van der Waals surface area (Å²) in [5.74, 6) is -0.786. The molecule has 0 spiro atoms. The highest BCUT2D eigenvalue weighted by atomic mass is 16.4. The van der Waals surface area contributed by atoms with Gasteiger partial charge in [0, 0.05) is 6.54 Å². The third kappa shape index (κ3) is 5.88. The summed E-state index contributed by atoms with van der Waals surface area (Å²) < 4.78 is 0. The highest BCUT2D eigenvalue weighted by Gasteiger charge is 2.07. The summed E-state index contributed by atoms with van der Waals surface area (Å²) in [6.07, 6.45) is 3.69. The highest BCUT2D eigenvalue weighted by molar-refractivity contribution is 5.69. The van der Waals surface area contributed by atoms with Crippen molar-refractivity contribution in [1.29, 1.82) is 0 Å². The molecule has 3 nitrogen and oxygen atoms in total. The third-order valence-corrected chi connectivity index (χ3v) is 2.53. The van der Waals surface area contributed by atoms with E-state index in [0.717, 1.165) is 19.4 Å². The number of aliphatic carboxylic acids is 1. The summed E-state index contributed by atoms with van der Waals surface area (Å²) in [4.78, 5) is 12.5. The van der Waals surface area contributed by atoms with Crippen LogP contribution in [0.3, 0.4) is 0 Å². The predicted molar refractivity (Wildman–Crippen MR) is 69.0 cm³/mol. The Bertz CT molecular complexity index is 348. The monoisotopic (exact) mass is 233 g/mol. The first kappa shape index (κ1) is 13.5. The van der Waals surface area contributed by atoms with Crippen LogP contribution in [0.1, 0.15) is 12.0 Å². The van der Waals surface area contributed by atoms with Gasteiger partial charge in [-0.3, -0.25) is 9.69 Å². The first-order valence-corrected chi connectivity index (χ1v) is 5.81. The molecule has 3 heteroatoms. The Morgan fingerprint density at radius 3 is 2.65 bits per heavy atom. The molecule has 0 aliphatic rings. The minimum Gasteiger partial charge on any atom is -0.480 e. The Morgan fingerprint density at radius 2 is 2.06 bits per heavy atom. The molecule has 0 aliphatic carbocycles. The largest absolute Gasteiger partial charge is 0.480 e. The first-order valence-electron chi connectivity index (χ1n) is 5.81. The van der Waals surface area contributed by atoms with Crippen LogP contribution in [0.2, 0.25) is 0 Å². The van der Waals surface area contributed by atoms with Crippen LogP contribution in [0.15, 0.2) is 43.0 Å². The van der Waals surface area contributed by atoms with Crippen molar-refractivity contribution in [2.75, 3.05) is 19.6 Å². The Kier molecular flexibility index (Phi) is 6.04. The molecule has 1 rings (SSSR count). The summed E-state index contributed by atoms with van der Waals surface area (Å²) >= 11 is 0. The number of hydrogen-bond acceptors (Lipinski definition) is 2. The molecule has 1 aromatic rings. The molecule has 0 atom stereocenters. The van der Waals surface area contributed by atoms with Gasteiger partial charge in [-0.25, -0.2) is 0 Å². The normalized spacial score (nSPS) is 10.4. The second-order valence-corrected chi connectivity index (χ2v) is 4.01. The molecule has 17 heavy (non-hydrogen) atoms. The number of aryl methyl sites for hydroxylation is 1. The standard InChI is InChI=1S/C14H19NO2/c1-2-10-15(12-14(16)17)11-6-9-13-7-4-3-5-8-13/h2-5,7-8H,1,6,9-12H2,(H,16,17). The van der Waals surface area contributed by atoms with Gasteiger partial charge in [0.05, 0.1) is 6.54 Å². The van der Waals surface area contributed by atoms with E-state index in [1.807, 2.05) is 23.1 Å². The van der Waals surface area contributed by atoms with Crippen molar-refractivity contribution in [3.63, 3.8) is 0 Å². The number of benzene rings is 1. The second-order valence-electron chi connectivity index (χ2n) is 4.01. The molecule has 0 unspecified atom stereocenters. The van der Waals surface area contributed by atoms with Crippen LogP contribution in [0.5, 0.6) is 0 Å². The Morgan fingerprint density at radius 1 is 1.35 bits per heavy atom. The van der Waals surface area contributed by atoms with Crippen molar-refractivity contribution in [3.05, 3.63) is 48.6 Å². The van der Waals surface area contributed by atoms with Crippen molar-refractivity contribution in [2.24, 2.45) is 0 Å². The van der Waals surface area contributed by atoms with Crippen molar-refractivity contribution in [2.45, 2.75) is 12.8 Å². The molecular weight excluding hydrogens is 214 g/mol. The van der Waals surface area contributed by atoms with Gasteiger partial charge in [-0.05, 0) is 24.9 Å². The molecule has 0 saturated heterocycles. The van der Waals surface area contributed by atoms with E-state index in [1.54, 1.807) is 6.08 Å². The minimum atomic E-state index is -0.786. The molecule has 0 saturated carbocycles. The lowest BCUT2D eigenvalue weighted by molar-refractivity contribution is -0.138. The molecule has 92 valence electrons. The number of rotatable bonds is 8. The van der Waals surface area contributed by atoms with Gasteiger partial charge >= 0.3 is 5.97 Å². The molecule has 0 amide bonds. The van der Waals surface area contributed by atoms with E-state index in [1.165, 1.54) is 5.56 Å². The molecule has 0 radical (unpaired) electrons. The zero-order valence-electron chi connectivity index (χ0n) is 10.0. The van der Waals surface area contributed by atoms with E-state index >= 15 is 0 Å². The van der Waals surface area contributed by atoms with Crippen molar-refractivity contribution in [1.82, 2.24) is 4.90 Å². The lowest BCUT2D eigenvalue weighted by Gasteiger charge is -2.17. The Labute approximate surface area is 102 Å². The van der Waals surface area contributed by atoms with Gasteiger partial charge in [-0.1, -0.05) is 36.4 Å². The van der Waals surface area contributed by atoms with E-state index in [-0.39, 0.29) is 6.54 Å². The van der Waals surface area contributed by atoms with Crippen molar-refractivity contribution < 1.29 is 9.90 Å². The number of carboxylic acids is 1. The van der Waals surface area contributed by atoms with Crippen LogP contribution in [0, 0.1) is 0 Å². The summed E-state index contributed by atoms with van der Waals surface area (Å²) in [5, 5.41) is 8.75. The smallest absolute Gasteiger partial charge is 0.317 e. The van der Waals surface area contributed by atoms with Crippen molar-refractivity contribution >= 4 is 5.97 Å². The van der Waals surface area contributed by atoms with Crippen LogP contribution in [0.25, 0.3) is 0 Å². The fourth-order valence-corrected chi connectivity index (χ4v) is 1.76. The van der Waals surface area contributed by atoms with Crippen LogP contribution < -0.4 is 0 Å². The highest BCUT2D eigenvalue weighted by Crippen LogP contribution is 2.03. The molecule has 1 N–H and O–H groups in total. The number of carboxylic acid groups (broad SMARTS) is 1. The average Bonchev–Trinajstić information content (AvgIpc) is 2.30. The summed E-state index contributed by atoms with van der Waals surface area (Å²) in [7, 11) is 0. The average molecular weight is 233 g/mol. The SMILES string of the molecule is C=CCN(CCCc1ccccc1)CC(=O)O. The predicted octanol–water partition coefficient (Wildman–Crippen LogP) is 2.19. The molecule has 0 bridgehead atoms. The Hall–Kier alpha value is -1.61. The van der Waals surface area contributed by atoms with Gasteiger partial charge in [0.15, 0.2) is 0 Å². The fourth-order valence-electron chi connectivity index (χ4n) is 1.76.